The minimum Gasteiger partial charge on any atom is -0.497 e. The quantitative estimate of drug-likeness (QED) is 0.724. The third-order valence-electron chi connectivity index (χ3n) is 3.90. The second-order valence-electron chi connectivity index (χ2n) is 5.58. The van der Waals surface area contributed by atoms with Gasteiger partial charge >= 0.3 is 5.69 Å². The average Bonchev–Trinajstić information content (AvgIpc) is 3.01. The van der Waals surface area contributed by atoms with Gasteiger partial charge in [-0.3, -0.25) is 9.36 Å². The molecule has 0 spiro atoms. The van der Waals surface area contributed by atoms with Crippen LogP contribution >= 0.6 is 0 Å². The third kappa shape index (κ3) is 3.98. The number of imidazole rings is 1. The highest BCUT2D eigenvalue weighted by molar-refractivity contribution is 5.92. The van der Waals surface area contributed by atoms with Gasteiger partial charge in [-0.25, -0.2) is 4.79 Å². The SMILES string of the molecule is COc1ccc(CNC(=O)c2c[nH]c(=O)n2Cc2ccccc2)cc1. The maximum absolute atomic E-state index is 12.4. The van der Waals surface area contributed by atoms with Gasteiger partial charge in [0.15, 0.2) is 0 Å². The summed E-state index contributed by atoms with van der Waals surface area (Å²) in [5.41, 5.74) is 1.90. The van der Waals surface area contributed by atoms with E-state index in [0.29, 0.717) is 18.8 Å². The second-order valence-corrected chi connectivity index (χ2v) is 5.58. The molecule has 6 heteroatoms. The number of carbonyl (C=O) groups excluding carboxylic acids is 1. The Morgan fingerprint density at radius 3 is 2.48 bits per heavy atom. The molecule has 1 heterocycles. The smallest absolute Gasteiger partial charge is 0.326 e. The number of rotatable bonds is 6. The third-order valence-corrected chi connectivity index (χ3v) is 3.90. The predicted molar refractivity (Wildman–Crippen MR) is 94.8 cm³/mol. The zero-order valence-electron chi connectivity index (χ0n) is 13.9. The number of carbonyl (C=O) groups is 1. The van der Waals surface area contributed by atoms with E-state index in [9.17, 15) is 9.59 Å². The number of methoxy groups -OCH3 is 1. The lowest BCUT2D eigenvalue weighted by atomic mass is 10.2. The highest BCUT2D eigenvalue weighted by Gasteiger charge is 2.14. The Hall–Kier alpha value is -3.28. The van der Waals surface area contributed by atoms with Crippen LogP contribution in [0.15, 0.2) is 65.6 Å². The van der Waals surface area contributed by atoms with E-state index in [0.717, 1.165) is 16.9 Å². The van der Waals surface area contributed by atoms with Crippen LogP contribution < -0.4 is 15.7 Å². The summed E-state index contributed by atoms with van der Waals surface area (Å²) < 4.78 is 6.54. The first-order valence-corrected chi connectivity index (χ1v) is 7.90. The Balaban J connectivity index is 1.70. The van der Waals surface area contributed by atoms with Gasteiger partial charge in [0.2, 0.25) is 0 Å². The highest BCUT2D eigenvalue weighted by Crippen LogP contribution is 2.11. The fraction of sp³-hybridized carbons (Fsp3) is 0.158. The molecule has 0 aliphatic carbocycles. The lowest BCUT2D eigenvalue weighted by Crippen LogP contribution is -2.29. The fourth-order valence-corrected chi connectivity index (χ4v) is 2.52. The summed E-state index contributed by atoms with van der Waals surface area (Å²) in [6.45, 7) is 0.710. The van der Waals surface area contributed by atoms with Gasteiger partial charge in [-0.05, 0) is 23.3 Å². The molecule has 3 rings (SSSR count). The predicted octanol–water partition coefficient (Wildman–Crippen LogP) is 2.16. The first-order chi connectivity index (χ1) is 12.2. The number of hydrogen-bond acceptors (Lipinski definition) is 3. The molecule has 1 aromatic heterocycles. The summed E-state index contributed by atoms with van der Waals surface area (Å²) in [5.74, 6) is 0.461. The van der Waals surface area contributed by atoms with Crippen LogP contribution in [0.3, 0.4) is 0 Å². The Morgan fingerprint density at radius 2 is 1.80 bits per heavy atom. The van der Waals surface area contributed by atoms with Crippen molar-refractivity contribution in [2.75, 3.05) is 7.11 Å². The lowest BCUT2D eigenvalue weighted by Gasteiger charge is -2.09. The maximum atomic E-state index is 12.4. The van der Waals surface area contributed by atoms with E-state index in [4.69, 9.17) is 4.74 Å². The Labute approximate surface area is 145 Å². The van der Waals surface area contributed by atoms with Crippen LogP contribution in [-0.2, 0) is 13.1 Å². The Bertz CT molecular complexity index is 896. The van der Waals surface area contributed by atoms with Gasteiger partial charge in [0.1, 0.15) is 11.4 Å². The monoisotopic (exact) mass is 337 g/mol. The van der Waals surface area contributed by atoms with E-state index in [1.165, 1.54) is 10.8 Å². The number of nitrogens with one attached hydrogen (secondary N) is 2. The molecule has 0 saturated heterocycles. The fourth-order valence-electron chi connectivity index (χ4n) is 2.52. The molecule has 0 radical (unpaired) electrons. The number of benzene rings is 2. The molecule has 2 aromatic carbocycles. The van der Waals surface area contributed by atoms with E-state index >= 15 is 0 Å². The molecule has 6 nitrogen and oxygen atoms in total. The zero-order chi connectivity index (χ0) is 17.6. The molecule has 0 atom stereocenters. The van der Waals surface area contributed by atoms with Gasteiger partial charge in [0.25, 0.3) is 5.91 Å². The van der Waals surface area contributed by atoms with Crippen molar-refractivity contribution in [3.05, 3.63) is 88.1 Å². The van der Waals surface area contributed by atoms with Crippen molar-refractivity contribution < 1.29 is 9.53 Å². The van der Waals surface area contributed by atoms with Crippen molar-refractivity contribution in [3.63, 3.8) is 0 Å². The van der Waals surface area contributed by atoms with Crippen molar-refractivity contribution in [2.24, 2.45) is 0 Å². The molecule has 1 amide bonds. The molecule has 25 heavy (non-hydrogen) atoms. The van der Waals surface area contributed by atoms with Crippen molar-refractivity contribution >= 4 is 5.91 Å². The van der Waals surface area contributed by atoms with Crippen LogP contribution in [0.2, 0.25) is 0 Å². The molecule has 0 aliphatic rings. The number of hydrogen-bond donors (Lipinski definition) is 2. The number of aromatic nitrogens is 2. The molecule has 128 valence electrons. The summed E-state index contributed by atoms with van der Waals surface area (Å²) in [4.78, 5) is 27.0. The first kappa shape index (κ1) is 16.6. The van der Waals surface area contributed by atoms with Crippen LogP contribution in [0.4, 0.5) is 0 Å². The number of ether oxygens (including phenoxy) is 1. The molecule has 2 N–H and O–H groups in total. The van der Waals surface area contributed by atoms with Crippen LogP contribution in [-0.4, -0.2) is 22.6 Å². The Morgan fingerprint density at radius 1 is 1.08 bits per heavy atom. The van der Waals surface area contributed by atoms with E-state index in [1.807, 2.05) is 54.6 Å². The minimum absolute atomic E-state index is 0.301. The van der Waals surface area contributed by atoms with Crippen LogP contribution in [0, 0.1) is 0 Å². The molecule has 3 aromatic rings. The summed E-state index contributed by atoms with van der Waals surface area (Å²) >= 11 is 0. The molecule has 0 aliphatic heterocycles. The second kappa shape index (κ2) is 7.53. The summed E-state index contributed by atoms with van der Waals surface area (Å²) in [6.07, 6.45) is 1.44. The van der Waals surface area contributed by atoms with Crippen molar-refractivity contribution in [2.45, 2.75) is 13.1 Å². The highest BCUT2D eigenvalue weighted by atomic mass is 16.5. The summed E-state index contributed by atoms with van der Waals surface area (Å²) in [5, 5.41) is 2.83. The largest absolute Gasteiger partial charge is 0.497 e. The van der Waals surface area contributed by atoms with Crippen LogP contribution in [0.5, 0.6) is 5.75 Å². The van der Waals surface area contributed by atoms with Crippen molar-refractivity contribution in [1.82, 2.24) is 14.9 Å². The normalized spacial score (nSPS) is 10.4. The number of nitrogens with zero attached hydrogens (tertiary/aromatic N) is 1. The molecule has 0 unspecified atom stereocenters. The van der Waals surface area contributed by atoms with E-state index in [-0.39, 0.29) is 11.6 Å². The average molecular weight is 337 g/mol. The molecule has 0 fully saturated rings. The van der Waals surface area contributed by atoms with Gasteiger partial charge in [0, 0.05) is 12.7 Å². The van der Waals surface area contributed by atoms with E-state index in [2.05, 4.69) is 10.3 Å². The van der Waals surface area contributed by atoms with Gasteiger partial charge < -0.3 is 15.0 Å². The molecule has 0 bridgehead atoms. The number of amides is 1. The molecular formula is C19H19N3O3. The minimum atomic E-state index is -0.307. The van der Waals surface area contributed by atoms with Gasteiger partial charge in [0.05, 0.1) is 13.7 Å². The first-order valence-electron chi connectivity index (χ1n) is 7.90. The molecular weight excluding hydrogens is 318 g/mol. The number of aromatic amines is 1. The van der Waals surface area contributed by atoms with E-state index < -0.39 is 0 Å². The van der Waals surface area contributed by atoms with E-state index in [1.54, 1.807) is 7.11 Å². The topological polar surface area (TPSA) is 76.1 Å². The zero-order valence-corrected chi connectivity index (χ0v) is 13.9. The lowest BCUT2D eigenvalue weighted by molar-refractivity contribution is 0.0941. The standard InChI is InChI=1S/C19H19N3O3/c1-25-16-9-7-14(8-10-16)11-20-18(23)17-12-21-19(24)22(17)13-15-5-3-2-4-6-15/h2-10,12H,11,13H2,1H3,(H,20,23)(H,21,24). The summed E-state index contributed by atoms with van der Waals surface area (Å²) in [7, 11) is 1.61. The molecule has 0 saturated carbocycles. The van der Waals surface area contributed by atoms with Crippen LogP contribution in [0.1, 0.15) is 21.6 Å². The van der Waals surface area contributed by atoms with Gasteiger partial charge in [-0.15, -0.1) is 0 Å². The van der Waals surface area contributed by atoms with Crippen molar-refractivity contribution in [1.29, 1.82) is 0 Å². The summed E-state index contributed by atoms with van der Waals surface area (Å²) in [6, 6.07) is 17.0. The van der Waals surface area contributed by atoms with Crippen molar-refractivity contribution in [3.8, 4) is 5.75 Å². The van der Waals surface area contributed by atoms with Gasteiger partial charge in [-0.1, -0.05) is 42.5 Å². The maximum Gasteiger partial charge on any atom is 0.326 e. The number of H-pyrrole nitrogens is 1. The van der Waals surface area contributed by atoms with Gasteiger partial charge in [-0.2, -0.15) is 0 Å². The van der Waals surface area contributed by atoms with Crippen LogP contribution in [0.25, 0.3) is 0 Å². The Kier molecular flexibility index (Phi) is 4.99.